The average Bonchev–Trinajstić information content (AvgIpc) is 2.80. The number of aromatic nitrogens is 1. The highest BCUT2D eigenvalue weighted by molar-refractivity contribution is 7.89. The van der Waals surface area contributed by atoms with Crippen molar-refractivity contribution in [1.29, 1.82) is 0 Å². The molecule has 1 aromatic heterocycles. The number of nitrogens with zero attached hydrogens (tertiary/aromatic N) is 1. The zero-order valence-corrected chi connectivity index (χ0v) is 21.4. The van der Waals surface area contributed by atoms with E-state index in [2.05, 4.69) is 20.3 Å². The second-order valence-corrected chi connectivity index (χ2v) is 10.7. The monoisotopic (exact) mass is 519 g/mol. The summed E-state index contributed by atoms with van der Waals surface area (Å²) in [4.78, 5) is 41.0. The fourth-order valence-corrected chi connectivity index (χ4v) is 4.22. The molecule has 12 heteroatoms. The van der Waals surface area contributed by atoms with E-state index in [0.717, 1.165) is 5.69 Å². The van der Waals surface area contributed by atoms with E-state index in [0.29, 0.717) is 18.7 Å². The van der Waals surface area contributed by atoms with Crippen LogP contribution in [0.25, 0.3) is 0 Å². The minimum absolute atomic E-state index is 0.0365. The van der Waals surface area contributed by atoms with E-state index in [-0.39, 0.29) is 30.3 Å². The number of hydrogen-bond donors (Lipinski definition) is 4. The maximum atomic E-state index is 12.7. The number of carbonyl (C=O) groups is 3. The van der Waals surface area contributed by atoms with Crippen molar-refractivity contribution in [1.82, 2.24) is 20.3 Å². The minimum atomic E-state index is -4.05. The topological polar surface area (TPSA) is 170 Å². The van der Waals surface area contributed by atoms with Crippen molar-refractivity contribution in [2.45, 2.75) is 56.6 Å². The van der Waals surface area contributed by atoms with Crippen LogP contribution < -0.4 is 21.1 Å². The summed E-state index contributed by atoms with van der Waals surface area (Å²) in [6.07, 6.45) is 1.26. The van der Waals surface area contributed by atoms with Gasteiger partial charge in [0.1, 0.15) is 17.5 Å². The van der Waals surface area contributed by atoms with Crippen molar-refractivity contribution in [3.05, 3.63) is 54.2 Å². The third kappa shape index (κ3) is 10.4. The summed E-state index contributed by atoms with van der Waals surface area (Å²) in [5, 5.41) is 4.96. The number of amides is 2. The number of rotatable bonds is 12. The zero-order chi connectivity index (χ0) is 26.8. The quantitative estimate of drug-likeness (QED) is 0.300. The molecule has 36 heavy (non-hydrogen) atoms. The highest BCUT2D eigenvalue weighted by atomic mass is 32.2. The standard InChI is InChI=1S/C24H33N5O6S/c1-24(2,3)35-23(32)19(29-36(33,34)18-11-5-4-6-12-18)15-26-22(31)16-27-21(30)14-8-10-17-9-7-13-20(25)28-17/h4-7,9,11-13,19,29H,8,10,14-16H2,1-3H3,(H2,25,28)(H,26,31)(H,27,30). The summed E-state index contributed by atoms with van der Waals surface area (Å²) in [5.41, 5.74) is 5.53. The van der Waals surface area contributed by atoms with Crippen LogP contribution in [-0.2, 0) is 35.6 Å². The van der Waals surface area contributed by atoms with Crippen molar-refractivity contribution in [3.8, 4) is 0 Å². The summed E-state index contributed by atoms with van der Waals surface area (Å²) in [5.74, 6) is -1.36. The summed E-state index contributed by atoms with van der Waals surface area (Å²) >= 11 is 0. The Hall–Kier alpha value is -3.51. The SMILES string of the molecule is CC(C)(C)OC(=O)C(CNC(=O)CNC(=O)CCCc1cccc(N)n1)NS(=O)(=O)c1ccccc1. The molecule has 1 atom stereocenters. The number of nitrogens with two attached hydrogens (primary N) is 1. The molecule has 0 radical (unpaired) electrons. The van der Waals surface area contributed by atoms with Crippen molar-refractivity contribution in [2.24, 2.45) is 0 Å². The third-order valence-electron chi connectivity index (χ3n) is 4.66. The van der Waals surface area contributed by atoms with E-state index < -0.39 is 33.5 Å². The largest absolute Gasteiger partial charge is 0.459 e. The number of pyridine rings is 1. The number of esters is 1. The van der Waals surface area contributed by atoms with Crippen molar-refractivity contribution >= 4 is 33.6 Å². The minimum Gasteiger partial charge on any atom is -0.459 e. The Morgan fingerprint density at radius 3 is 2.33 bits per heavy atom. The summed E-state index contributed by atoms with van der Waals surface area (Å²) in [6.45, 7) is 4.23. The first-order valence-corrected chi connectivity index (χ1v) is 12.9. The van der Waals surface area contributed by atoms with E-state index in [1.54, 1.807) is 51.1 Å². The molecule has 0 bridgehead atoms. The van der Waals surface area contributed by atoms with Gasteiger partial charge in [0.15, 0.2) is 0 Å². The Morgan fingerprint density at radius 2 is 1.69 bits per heavy atom. The second kappa shape index (κ2) is 13.0. The fraction of sp³-hybridized carbons (Fsp3) is 0.417. The first-order valence-electron chi connectivity index (χ1n) is 11.4. The maximum Gasteiger partial charge on any atom is 0.326 e. The van der Waals surface area contributed by atoms with Gasteiger partial charge in [0, 0.05) is 18.7 Å². The molecule has 0 spiro atoms. The third-order valence-corrected chi connectivity index (χ3v) is 6.14. The second-order valence-electron chi connectivity index (χ2n) is 9.01. The zero-order valence-electron chi connectivity index (χ0n) is 20.6. The van der Waals surface area contributed by atoms with Gasteiger partial charge in [-0.05, 0) is 57.9 Å². The Labute approximate surface area is 211 Å². The van der Waals surface area contributed by atoms with Crippen LogP contribution in [0.5, 0.6) is 0 Å². The Morgan fingerprint density at radius 1 is 1.00 bits per heavy atom. The van der Waals surface area contributed by atoms with Crippen LogP contribution in [0.1, 0.15) is 39.3 Å². The number of anilines is 1. The molecule has 2 aromatic rings. The van der Waals surface area contributed by atoms with E-state index in [1.807, 2.05) is 6.07 Å². The van der Waals surface area contributed by atoms with Crippen molar-refractivity contribution < 1.29 is 27.5 Å². The van der Waals surface area contributed by atoms with Crippen LogP contribution >= 0.6 is 0 Å². The molecule has 0 saturated carbocycles. The number of carbonyl (C=O) groups excluding carboxylic acids is 3. The first kappa shape index (κ1) is 28.7. The van der Waals surface area contributed by atoms with Gasteiger partial charge in [-0.2, -0.15) is 4.72 Å². The first-order chi connectivity index (χ1) is 16.9. The number of sulfonamides is 1. The van der Waals surface area contributed by atoms with Gasteiger partial charge in [0.05, 0.1) is 11.4 Å². The number of ether oxygens (including phenoxy) is 1. The molecule has 2 amide bonds. The molecular weight excluding hydrogens is 486 g/mol. The van der Waals surface area contributed by atoms with Crippen LogP contribution in [-0.4, -0.2) is 55.9 Å². The molecule has 1 aromatic carbocycles. The molecule has 2 rings (SSSR count). The number of hydrogen-bond acceptors (Lipinski definition) is 8. The average molecular weight is 520 g/mol. The molecule has 0 aliphatic heterocycles. The molecule has 196 valence electrons. The predicted molar refractivity (Wildman–Crippen MR) is 134 cm³/mol. The van der Waals surface area contributed by atoms with Gasteiger partial charge in [-0.25, -0.2) is 13.4 Å². The lowest BCUT2D eigenvalue weighted by Gasteiger charge is -2.24. The summed E-state index contributed by atoms with van der Waals surface area (Å²) in [7, 11) is -4.05. The smallest absolute Gasteiger partial charge is 0.326 e. The highest BCUT2D eigenvalue weighted by Crippen LogP contribution is 2.12. The molecule has 0 aliphatic carbocycles. The van der Waals surface area contributed by atoms with Crippen LogP contribution in [0.15, 0.2) is 53.4 Å². The molecule has 11 nitrogen and oxygen atoms in total. The highest BCUT2D eigenvalue weighted by Gasteiger charge is 2.30. The number of benzene rings is 1. The lowest BCUT2D eigenvalue weighted by molar-refractivity contribution is -0.156. The van der Waals surface area contributed by atoms with Gasteiger partial charge < -0.3 is 21.1 Å². The lowest BCUT2D eigenvalue weighted by Crippen LogP contribution is -2.51. The van der Waals surface area contributed by atoms with E-state index in [1.165, 1.54) is 12.1 Å². The molecule has 1 unspecified atom stereocenters. The number of aryl methyl sites for hydroxylation is 1. The van der Waals surface area contributed by atoms with Gasteiger partial charge >= 0.3 is 5.97 Å². The molecule has 0 saturated heterocycles. The van der Waals surface area contributed by atoms with E-state index in [4.69, 9.17) is 10.5 Å². The van der Waals surface area contributed by atoms with Gasteiger partial charge in [-0.1, -0.05) is 24.3 Å². The van der Waals surface area contributed by atoms with Crippen LogP contribution in [0.2, 0.25) is 0 Å². The molecule has 5 N–H and O–H groups in total. The van der Waals surface area contributed by atoms with E-state index >= 15 is 0 Å². The molecule has 0 fully saturated rings. The van der Waals surface area contributed by atoms with Crippen LogP contribution in [0.3, 0.4) is 0 Å². The molecule has 1 heterocycles. The van der Waals surface area contributed by atoms with Crippen molar-refractivity contribution in [2.75, 3.05) is 18.8 Å². The fourth-order valence-electron chi connectivity index (χ4n) is 3.01. The number of nitrogens with one attached hydrogen (secondary N) is 3. The maximum absolute atomic E-state index is 12.7. The van der Waals surface area contributed by atoms with Gasteiger partial charge in [-0.3, -0.25) is 14.4 Å². The summed E-state index contributed by atoms with van der Waals surface area (Å²) < 4.78 is 33.0. The summed E-state index contributed by atoms with van der Waals surface area (Å²) in [6, 6.07) is 11.4. The van der Waals surface area contributed by atoms with Crippen molar-refractivity contribution in [3.63, 3.8) is 0 Å². The predicted octanol–water partition coefficient (Wildman–Crippen LogP) is 0.908. The van der Waals surface area contributed by atoms with E-state index in [9.17, 15) is 22.8 Å². The van der Waals surface area contributed by atoms with Crippen LogP contribution in [0.4, 0.5) is 5.82 Å². The van der Waals surface area contributed by atoms with Gasteiger partial charge in [0.25, 0.3) is 0 Å². The normalized spacial score (nSPS) is 12.4. The molecule has 0 aliphatic rings. The Kier molecular flexibility index (Phi) is 10.4. The lowest BCUT2D eigenvalue weighted by atomic mass is 10.1. The Bertz CT molecular complexity index is 1150. The van der Waals surface area contributed by atoms with Gasteiger partial charge in [-0.15, -0.1) is 0 Å². The Balaban J connectivity index is 1.87. The van der Waals surface area contributed by atoms with Crippen LogP contribution in [0, 0.1) is 0 Å². The molecular formula is C24H33N5O6S. The van der Waals surface area contributed by atoms with Gasteiger partial charge in [0.2, 0.25) is 21.8 Å². The number of nitrogen functional groups attached to an aromatic ring is 1.